The van der Waals surface area contributed by atoms with E-state index in [4.69, 9.17) is 9.47 Å². The SMILES string of the molecule is COCCCn1c(C)cc(C(=O)COC(=O)CCc2c(C)nc3nc(C(F)(F)F)nn3c2C)c1C. The molecule has 0 saturated carbocycles. The fourth-order valence-electron chi connectivity index (χ4n) is 4.01. The lowest BCUT2D eigenvalue weighted by molar-refractivity contribution is -0.145. The van der Waals surface area contributed by atoms with Gasteiger partial charge in [-0.05, 0) is 52.2 Å². The molecule has 0 fully saturated rings. The van der Waals surface area contributed by atoms with E-state index >= 15 is 0 Å². The number of halogens is 3. The van der Waals surface area contributed by atoms with Crippen LogP contribution in [-0.4, -0.2) is 56.2 Å². The molecule has 0 saturated heterocycles. The number of ether oxygens (including phenoxy) is 2. The third-order valence-corrected chi connectivity index (χ3v) is 5.85. The highest BCUT2D eigenvalue weighted by molar-refractivity contribution is 5.99. The fraction of sp³-hybridized carbons (Fsp3) is 0.522. The third kappa shape index (κ3) is 5.87. The highest BCUT2D eigenvalue weighted by Crippen LogP contribution is 2.27. The van der Waals surface area contributed by atoms with Gasteiger partial charge in [0, 0.05) is 55.0 Å². The lowest BCUT2D eigenvalue weighted by atomic mass is 10.1. The summed E-state index contributed by atoms with van der Waals surface area (Å²) in [6.07, 6.45) is -3.78. The number of alkyl halides is 3. The summed E-state index contributed by atoms with van der Waals surface area (Å²) in [5, 5.41) is 3.49. The second-order valence-electron chi connectivity index (χ2n) is 8.27. The number of hydrogen-bond donors (Lipinski definition) is 0. The van der Waals surface area contributed by atoms with Crippen LogP contribution in [0.1, 0.15) is 57.4 Å². The minimum Gasteiger partial charge on any atom is -0.457 e. The first kappa shape index (κ1) is 26.3. The zero-order valence-corrected chi connectivity index (χ0v) is 20.3. The Morgan fingerprint density at radius 1 is 1.09 bits per heavy atom. The van der Waals surface area contributed by atoms with Gasteiger partial charge in [0.1, 0.15) is 0 Å². The van der Waals surface area contributed by atoms with Gasteiger partial charge in [0.2, 0.25) is 5.78 Å². The normalized spacial score (nSPS) is 11.9. The monoisotopic (exact) mass is 495 g/mol. The van der Waals surface area contributed by atoms with Gasteiger partial charge in [-0.2, -0.15) is 18.2 Å². The highest BCUT2D eigenvalue weighted by Gasteiger charge is 2.37. The number of aryl methyl sites for hydroxylation is 3. The van der Waals surface area contributed by atoms with E-state index < -0.39 is 24.6 Å². The molecule has 12 heteroatoms. The number of carbonyl (C=O) groups excluding carboxylic acids is 2. The van der Waals surface area contributed by atoms with E-state index in [-0.39, 0.29) is 24.4 Å². The maximum atomic E-state index is 12.9. The number of fused-ring (bicyclic) bond motifs is 1. The molecule has 9 nitrogen and oxygen atoms in total. The molecule has 0 unspecified atom stereocenters. The van der Waals surface area contributed by atoms with Crippen molar-refractivity contribution in [2.24, 2.45) is 0 Å². The summed E-state index contributed by atoms with van der Waals surface area (Å²) in [4.78, 5) is 32.5. The second kappa shape index (κ2) is 10.5. The molecular formula is C23H28F3N5O4. The molecule has 0 spiro atoms. The Morgan fingerprint density at radius 2 is 1.80 bits per heavy atom. The van der Waals surface area contributed by atoms with E-state index in [1.165, 1.54) is 0 Å². The molecule has 0 aliphatic heterocycles. The Morgan fingerprint density at radius 3 is 2.46 bits per heavy atom. The summed E-state index contributed by atoms with van der Waals surface area (Å²) >= 11 is 0. The number of hydrogen-bond acceptors (Lipinski definition) is 7. The molecule has 190 valence electrons. The summed E-state index contributed by atoms with van der Waals surface area (Å²) in [5.74, 6) is -2.34. The third-order valence-electron chi connectivity index (χ3n) is 5.85. The first-order valence-corrected chi connectivity index (χ1v) is 11.1. The zero-order valence-electron chi connectivity index (χ0n) is 20.3. The molecule has 0 aliphatic rings. The van der Waals surface area contributed by atoms with Crippen LogP contribution in [0.5, 0.6) is 0 Å². The minimum absolute atomic E-state index is 0.0704. The zero-order chi connectivity index (χ0) is 25.9. The molecule has 0 aliphatic carbocycles. The predicted molar refractivity (Wildman–Crippen MR) is 119 cm³/mol. The molecule has 0 atom stereocenters. The largest absolute Gasteiger partial charge is 0.457 e. The van der Waals surface area contributed by atoms with Crippen molar-refractivity contribution in [2.75, 3.05) is 20.3 Å². The van der Waals surface area contributed by atoms with Crippen molar-refractivity contribution in [3.63, 3.8) is 0 Å². The van der Waals surface area contributed by atoms with Gasteiger partial charge >= 0.3 is 12.1 Å². The number of methoxy groups -OCH3 is 1. The standard InChI is InChI=1S/C23H28F3N5O4/c1-13-11-18(15(3)30(13)9-6-10-34-5)19(32)12-35-20(33)8-7-17-14(2)27-22-28-21(23(24,25)26)29-31(22)16(17)4/h11H,6-10,12H2,1-5H3. The number of nitrogens with zero attached hydrogens (tertiary/aromatic N) is 5. The molecule has 3 aromatic rings. The summed E-state index contributed by atoms with van der Waals surface area (Å²) in [7, 11) is 1.63. The summed E-state index contributed by atoms with van der Waals surface area (Å²) in [6.45, 7) is 7.90. The smallest absolute Gasteiger partial charge is 0.453 e. The summed E-state index contributed by atoms with van der Waals surface area (Å²) in [6, 6.07) is 1.78. The van der Waals surface area contributed by atoms with Crippen molar-refractivity contribution in [1.29, 1.82) is 0 Å². The Bertz CT molecular complexity index is 1250. The van der Waals surface area contributed by atoms with Crippen LogP contribution in [-0.2, 0) is 33.4 Å². The number of esters is 1. The van der Waals surface area contributed by atoms with Crippen LogP contribution < -0.4 is 0 Å². The van der Waals surface area contributed by atoms with Gasteiger partial charge in [-0.3, -0.25) is 9.59 Å². The maximum absolute atomic E-state index is 12.9. The number of Topliss-reactive ketones (excluding diaryl/α,β-unsaturated/α-hetero) is 1. The van der Waals surface area contributed by atoms with E-state index in [9.17, 15) is 22.8 Å². The van der Waals surface area contributed by atoms with E-state index in [1.54, 1.807) is 27.0 Å². The maximum Gasteiger partial charge on any atom is 0.453 e. The van der Waals surface area contributed by atoms with E-state index in [2.05, 4.69) is 15.1 Å². The molecular weight excluding hydrogens is 467 g/mol. The number of carbonyl (C=O) groups is 2. The van der Waals surface area contributed by atoms with Gasteiger partial charge in [-0.1, -0.05) is 0 Å². The van der Waals surface area contributed by atoms with Gasteiger partial charge in [0.15, 0.2) is 6.61 Å². The van der Waals surface area contributed by atoms with Gasteiger partial charge in [-0.25, -0.2) is 9.50 Å². The van der Waals surface area contributed by atoms with Crippen LogP contribution in [0.3, 0.4) is 0 Å². The van der Waals surface area contributed by atoms with E-state index in [0.717, 1.165) is 22.3 Å². The Labute approximate surface area is 200 Å². The number of rotatable bonds is 10. The van der Waals surface area contributed by atoms with Crippen LogP contribution in [0, 0.1) is 27.7 Å². The number of aromatic nitrogens is 5. The molecule has 0 amide bonds. The average Bonchev–Trinajstić information content (AvgIpc) is 3.34. The molecule has 35 heavy (non-hydrogen) atoms. The van der Waals surface area contributed by atoms with Crippen LogP contribution in [0.25, 0.3) is 5.78 Å². The van der Waals surface area contributed by atoms with E-state index in [0.29, 0.717) is 35.7 Å². The molecule has 0 N–H and O–H groups in total. The van der Waals surface area contributed by atoms with Gasteiger partial charge < -0.3 is 14.0 Å². The second-order valence-corrected chi connectivity index (χ2v) is 8.27. The summed E-state index contributed by atoms with van der Waals surface area (Å²) in [5.41, 5.74) is 3.65. The van der Waals surface area contributed by atoms with Gasteiger partial charge in [0.25, 0.3) is 11.6 Å². The predicted octanol–water partition coefficient (Wildman–Crippen LogP) is 3.57. The average molecular weight is 496 g/mol. The Hall–Kier alpha value is -3.28. The Kier molecular flexibility index (Phi) is 7.93. The lowest BCUT2D eigenvalue weighted by Crippen LogP contribution is -2.16. The first-order valence-electron chi connectivity index (χ1n) is 11.1. The fourth-order valence-corrected chi connectivity index (χ4v) is 4.01. The van der Waals surface area contributed by atoms with Crippen LogP contribution in [0.4, 0.5) is 13.2 Å². The molecule has 0 radical (unpaired) electrons. The first-order chi connectivity index (χ1) is 16.4. The molecule has 3 rings (SSSR count). The van der Waals surface area contributed by atoms with Crippen molar-refractivity contribution < 1.29 is 32.2 Å². The molecule has 3 aromatic heterocycles. The van der Waals surface area contributed by atoms with Crippen molar-refractivity contribution in [2.45, 2.75) is 59.7 Å². The van der Waals surface area contributed by atoms with Gasteiger partial charge in [-0.15, -0.1) is 5.10 Å². The number of ketones is 1. The topological polar surface area (TPSA) is 101 Å². The van der Waals surface area contributed by atoms with Crippen LogP contribution >= 0.6 is 0 Å². The Balaban J connectivity index is 1.62. The molecule has 0 bridgehead atoms. The minimum atomic E-state index is -4.69. The molecule has 3 heterocycles. The van der Waals surface area contributed by atoms with Crippen molar-refractivity contribution >= 4 is 17.5 Å². The van der Waals surface area contributed by atoms with Crippen LogP contribution in [0.15, 0.2) is 6.07 Å². The quantitative estimate of drug-likeness (QED) is 0.241. The highest BCUT2D eigenvalue weighted by atomic mass is 19.4. The molecule has 0 aromatic carbocycles. The van der Waals surface area contributed by atoms with Crippen LogP contribution in [0.2, 0.25) is 0 Å². The van der Waals surface area contributed by atoms with Crippen molar-refractivity contribution in [3.8, 4) is 0 Å². The lowest BCUT2D eigenvalue weighted by Gasteiger charge is -2.10. The van der Waals surface area contributed by atoms with E-state index in [1.807, 2.05) is 18.4 Å². The summed E-state index contributed by atoms with van der Waals surface area (Å²) < 4.78 is 52.1. The van der Waals surface area contributed by atoms with Gasteiger partial charge in [0.05, 0.1) is 0 Å². The van der Waals surface area contributed by atoms with Crippen molar-refractivity contribution in [1.82, 2.24) is 24.1 Å². The van der Waals surface area contributed by atoms with Crippen molar-refractivity contribution in [3.05, 3.63) is 45.8 Å².